The minimum Gasteiger partial charge on any atom is -0.393 e. The summed E-state index contributed by atoms with van der Waals surface area (Å²) in [6, 6.07) is 3.29. The fraction of sp³-hybridized carbons (Fsp3) is 0.500. The Balaban J connectivity index is 1.56. The van der Waals surface area contributed by atoms with Crippen LogP contribution in [-0.4, -0.2) is 44.3 Å². The minimum atomic E-state index is -2.65. The van der Waals surface area contributed by atoms with Gasteiger partial charge in [0, 0.05) is 42.4 Å². The number of hydrogen-bond acceptors (Lipinski definition) is 4. The number of hydrazine groups is 1. The highest BCUT2D eigenvalue weighted by Gasteiger charge is 2.53. The van der Waals surface area contributed by atoms with Gasteiger partial charge in [-0.15, -0.1) is 0 Å². The van der Waals surface area contributed by atoms with Gasteiger partial charge in [-0.05, 0) is 37.5 Å². The number of pyridine rings is 1. The molecule has 2 aromatic rings. The Kier molecular flexibility index (Phi) is 3.21. The van der Waals surface area contributed by atoms with Crippen LogP contribution >= 0.6 is 0 Å². The first-order chi connectivity index (χ1) is 12.0. The monoisotopic (exact) mass is 346 g/mol. The van der Waals surface area contributed by atoms with Gasteiger partial charge in [-0.3, -0.25) is 5.01 Å². The van der Waals surface area contributed by atoms with E-state index in [9.17, 15) is 13.9 Å². The lowest BCUT2D eigenvalue weighted by molar-refractivity contribution is -0.143. The predicted octanol–water partition coefficient (Wildman–Crippen LogP) is 2.69. The van der Waals surface area contributed by atoms with Crippen molar-refractivity contribution in [3.63, 3.8) is 0 Å². The SMILES string of the molecule is OC1CC(n2cc(C3=CCNN3C3CCC3(F)F)c3cccnc32)C1. The first kappa shape index (κ1) is 15.3. The maximum atomic E-state index is 13.9. The Morgan fingerprint density at radius 2 is 2.16 bits per heavy atom. The number of nitrogens with zero attached hydrogens (tertiary/aromatic N) is 3. The van der Waals surface area contributed by atoms with Crippen LogP contribution in [0.4, 0.5) is 8.78 Å². The molecule has 2 saturated carbocycles. The number of aliphatic hydroxyl groups excluding tert-OH is 1. The highest BCUT2D eigenvalue weighted by molar-refractivity contribution is 5.91. The second-order valence-corrected chi connectivity index (χ2v) is 7.24. The minimum absolute atomic E-state index is 0.0492. The molecule has 5 rings (SSSR count). The zero-order chi connectivity index (χ0) is 17.2. The first-order valence-electron chi connectivity index (χ1n) is 8.79. The molecule has 1 atom stereocenters. The number of aromatic nitrogens is 2. The summed E-state index contributed by atoms with van der Waals surface area (Å²) in [5, 5.41) is 12.2. The Morgan fingerprint density at radius 1 is 1.32 bits per heavy atom. The second kappa shape index (κ2) is 5.25. The average Bonchev–Trinajstić information content (AvgIpc) is 3.15. The van der Waals surface area contributed by atoms with Gasteiger partial charge in [0.15, 0.2) is 0 Å². The van der Waals surface area contributed by atoms with E-state index in [-0.39, 0.29) is 18.6 Å². The summed E-state index contributed by atoms with van der Waals surface area (Å²) in [7, 11) is 0. The second-order valence-electron chi connectivity index (χ2n) is 7.24. The number of halogens is 2. The Labute approximate surface area is 143 Å². The van der Waals surface area contributed by atoms with Crippen LogP contribution in [0, 0.1) is 0 Å². The fourth-order valence-electron chi connectivity index (χ4n) is 4.10. The summed E-state index contributed by atoms with van der Waals surface area (Å²) in [5.41, 5.74) is 5.68. The molecule has 0 bridgehead atoms. The van der Waals surface area contributed by atoms with Gasteiger partial charge in [-0.2, -0.15) is 0 Å². The van der Waals surface area contributed by atoms with E-state index in [1.165, 1.54) is 0 Å². The summed E-state index contributed by atoms with van der Waals surface area (Å²) < 4.78 is 30.0. The smallest absolute Gasteiger partial charge is 0.269 e. The van der Waals surface area contributed by atoms with E-state index in [4.69, 9.17) is 0 Å². The molecule has 3 heterocycles. The highest BCUT2D eigenvalue weighted by Crippen LogP contribution is 2.45. The lowest BCUT2D eigenvalue weighted by atomic mass is 9.87. The third kappa shape index (κ3) is 2.22. The van der Waals surface area contributed by atoms with Crippen LogP contribution in [0.3, 0.4) is 0 Å². The normalized spacial score (nSPS) is 30.9. The maximum absolute atomic E-state index is 13.9. The molecule has 5 nitrogen and oxygen atoms in total. The number of rotatable bonds is 3. The maximum Gasteiger partial charge on any atom is 0.269 e. The van der Waals surface area contributed by atoms with E-state index < -0.39 is 12.0 Å². The average molecular weight is 346 g/mol. The van der Waals surface area contributed by atoms with Gasteiger partial charge in [-0.1, -0.05) is 0 Å². The molecule has 0 spiro atoms. The predicted molar refractivity (Wildman–Crippen MR) is 89.8 cm³/mol. The quantitative estimate of drug-likeness (QED) is 0.897. The van der Waals surface area contributed by atoms with E-state index in [0.717, 1.165) is 22.3 Å². The number of fused-ring (bicyclic) bond motifs is 1. The van der Waals surface area contributed by atoms with Crippen LogP contribution in [0.15, 0.2) is 30.6 Å². The van der Waals surface area contributed by atoms with Crippen molar-refractivity contribution in [1.29, 1.82) is 0 Å². The summed E-state index contributed by atoms with van der Waals surface area (Å²) >= 11 is 0. The molecule has 2 aliphatic carbocycles. The first-order valence-corrected chi connectivity index (χ1v) is 8.79. The van der Waals surface area contributed by atoms with Crippen molar-refractivity contribution in [2.45, 2.75) is 49.8 Å². The van der Waals surface area contributed by atoms with E-state index in [2.05, 4.69) is 15.0 Å². The Hall–Kier alpha value is -1.99. The third-order valence-electron chi connectivity index (χ3n) is 5.71. The number of hydrogen-bond donors (Lipinski definition) is 2. The van der Waals surface area contributed by atoms with Crippen LogP contribution < -0.4 is 5.43 Å². The summed E-state index contributed by atoms with van der Waals surface area (Å²) in [6.07, 6.45) is 7.33. The molecule has 132 valence electrons. The van der Waals surface area contributed by atoms with Crippen molar-refractivity contribution < 1.29 is 13.9 Å². The third-order valence-corrected chi connectivity index (χ3v) is 5.71. The molecule has 0 saturated heterocycles. The molecule has 2 N–H and O–H groups in total. The van der Waals surface area contributed by atoms with Gasteiger partial charge < -0.3 is 9.67 Å². The van der Waals surface area contributed by atoms with Crippen molar-refractivity contribution in [2.24, 2.45) is 0 Å². The molecule has 3 aliphatic rings. The van der Waals surface area contributed by atoms with Crippen molar-refractivity contribution in [3.05, 3.63) is 36.2 Å². The zero-order valence-electron chi connectivity index (χ0n) is 13.7. The van der Waals surface area contributed by atoms with Gasteiger partial charge in [0.25, 0.3) is 5.92 Å². The molecule has 0 radical (unpaired) electrons. The van der Waals surface area contributed by atoms with Crippen LogP contribution in [0.2, 0.25) is 0 Å². The van der Waals surface area contributed by atoms with Crippen LogP contribution in [0.5, 0.6) is 0 Å². The highest BCUT2D eigenvalue weighted by atomic mass is 19.3. The molecule has 2 fully saturated rings. The van der Waals surface area contributed by atoms with Gasteiger partial charge in [0.2, 0.25) is 0 Å². The van der Waals surface area contributed by atoms with Gasteiger partial charge in [-0.25, -0.2) is 19.2 Å². The molecule has 7 heteroatoms. The number of alkyl halides is 2. The summed E-state index contributed by atoms with van der Waals surface area (Å²) in [4.78, 5) is 4.50. The molecule has 2 aromatic heterocycles. The van der Waals surface area contributed by atoms with Crippen molar-refractivity contribution in [2.75, 3.05) is 6.54 Å². The van der Waals surface area contributed by atoms with Crippen molar-refractivity contribution >= 4 is 16.7 Å². The van der Waals surface area contributed by atoms with E-state index in [0.29, 0.717) is 25.8 Å². The molecule has 0 aromatic carbocycles. The molecular weight excluding hydrogens is 326 g/mol. The zero-order valence-corrected chi connectivity index (χ0v) is 13.7. The van der Waals surface area contributed by atoms with Crippen LogP contribution in [0.1, 0.15) is 37.3 Å². The van der Waals surface area contributed by atoms with Gasteiger partial charge >= 0.3 is 0 Å². The summed E-state index contributed by atoms with van der Waals surface area (Å²) in [6.45, 7) is 0.553. The number of nitrogens with one attached hydrogen (secondary N) is 1. The van der Waals surface area contributed by atoms with Crippen LogP contribution in [-0.2, 0) is 0 Å². The lowest BCUT2D eigenvalue weighted by Crippen LogP contribution is -2.57. The lowest BCUT2D eigenvalue weighted by Gasteiger charge is -2.43. The van der Waals surface area contributed by atoms with Crippen LogP contribution in [0.25, 0.3) is 16.7 Å². The molecule has 25 heavy (non-hydrogen) atoms. The molecular formula is C18H20F2N4O. The number of aliphatic hydroxyl groups is 1. The van der Waals surface area contributed by atoms with E-state index in [1.807, 2.05) is 24.4 Å². The Morgan fingerprint density at radius 3 is 2.84 bits per heavy atom. The standard InChI is InChI=1S/C18H20F2N4O/c19-18(20)5-3-16(18)24-15(4-7-22-24)14-10-23(11-8-12(25)9-11)17-13(14)2-1-6-21-17/h1-2,4,6,10-12,16,22,25H,3,5,7-9H2. The molecule has 1 aliphatic heterocycles. The van der Waals surface area contributed by atoms with E-state index >= 15 is 0 Å². The summed E-state index contributed by atoms with van der Waals surface area (Å²) in [5.74, 6) is -2.65. The van der Waals surface area contributed by atoms with Gasteiger partial charge in [0.1, 0.15) is 11.7 Å². The van der Waals surface area contributed by atoms with E-state index in [1.54, 1.807) is 11.2 Å². The van der Waals surface area contributed by atoms with Gasteiger partial charge in [0.05, 0.1) is 11.8 Å². The largest absolute Gasteiger partial charge is 0.393 e. The Bertz CT molecular complexity index is 856. The molecule has 0 amide bonds. The fourth-order valence-corrected chi connectivity index (χ4v) is 4.10. The van der Waals surface area contributed by atoms with Crippen molar-refractivity contribution in [3.8, 4) is 0 Å². The van der Waals surface area contributed by atoms with Crippen molar-refractivity contribution in [1.82, 2.24) is 20.0 Å². The molecule has 1 unspecified atom stereocenters. The topological polar surface area (TPSA) is 53.3 Å².